The van der Waals surface area contributed by atoms with Crippen LogP contribution in [-0.2, 0) is 4.74 Å². The molecule has 0 aromatic carbocycles. The van der Waals surface area contributed by atoms with Crippen LogP contribution < -0.4 is 4.90 Å². The van der Waals surface area contributed by atoms with Crippen molar-refractivity contribution in [2.24, 2.45) is 0 Å². The van der Waals surface area contributed by atoms with Gasteiger partial charge in [-0.3, -0.25) is 4.90 Å². The summed E-state index contributed by atoms with van der Waals surface area (Å²) in [4.78, 5) is 7.49. The molecule has 0 radical (unpaired) electrons. The van der Waals surface area contributed by atoms with Gasteiger partial charge in [0.15, 0.2) is 11.5 Å². The molecule has 0 bridgehead atoms. The molecule has 0 N–H and O–H groups in total. The van der Waals surface area contributed by atoms with Crippen molar-refractivity contribution in [2.75, 3.05) is 70.5 Å². The fourth-order valence-electron chi connectivity index (χ4n) is 4.69. The molecule has 0 unspecified atom stereocenters. The van der Waals surface area contributed by atoms with Crippen LogP contribution in [0.5, 0.6) is 0 Å². The molecule has 2 aromatic heterocycles. The van der Waals surface area contributed by atoms with E-state index >= 15 is 0 Å². The smallest absolute Gasteiger partial charge is 0.178 e. The molecule has 0 amide bonds. The van der Waals surface area contributed by atoms with Gasteiger partial charge in [0.1, 0.15) is 5.82 Å². The van der Waals surface area contributed by atoms with Crippen LogP contribution in [0.25, 0.3) is 5.65 Å². The van der Waals surface area contributed by atoms with Crippen molar-refractivity contribution < 1.29 is 4.74 Å². The highest BCUT2D eigenvalue weighted by Gasteiger charge is 2.26. The summed E-state index contributed by atoms with van der Waals surface area (Å²) in [6, 6.07) is 4.15. The Labute approximate surface area is 166 Å². The Morgan fingerprint density at radius 1 is 0.857 bits per heavy atom. The minimum absolute atomic E-state index is 0.455. The van der Waals surface area contributed by atoms with E-state index in [1.54, 1.807) is 0 Å². The van der Waals surface area contributed by atoms with E-state index in [1.165, 1.54) is 12.8 Å². The number of hydrogen-bond donors (Lipinski definition) is 0. The third-order valence-corrected chi connectivity index (χ3v) is 6.49. The highest BCUT2D eigenvalue weighted by Crippen LogP contribution is 2.27. The van der Waals surface area contributed by atoms with Crippen LogP contribution in [0.15, 0.2) is 12.1 Å². The van der Waals surface area contributed by atoms with E-state index in [0.29, 0.717) is 5.92 Å². The molecule has 28 heavy (non-hydrogen) atoms. The monoisotopic (exact) mass is 385 g/mol. The summed E-state index contributed by atoms with van der Waals surface area (Å²) < 4.78 is 7.45. The van der Waals surface area contributed by atoms with Gasteiger partial charge < -0.3 is 14.5 Å². The first kappa shape index (κ1) is 18.3. The first-order chi connectivity index (χ1) is 13.9. The molecule has 3 fully saturated rings. The number of likely N-dealkylation sites (tertiary alicyclic amines) is 1. The van der Waals surface area contributed by atoms with E-state index in [9.17, 15) is 0 Å². The molecule has 152 valence electrons. The van der Waals surface area contributed by atoms with E-state index in [-0.39, 0.29) is 0 Å². The SMILES string of the molecule is c1cc2nnc(C3CCN(CCN4CCOCC4)CC3)n2nc1N1CCCC1. The average molecular weight is 386 g/mol. The molecule has 3 aliphatic rings. The maximum absolute atomic E-state index is 5.44. The van der Waals surface area contributed by atoms with Gasteiger partial charge in [0.05, 0.1) is 13.2 Å². The second-order valence-electron chi connectivity index (χ2n) is 8.28. The molecule has 3 saturated heterocycles. The Morgan fingerprint density at radius 3 is 2.32 bits per heavy atom. The van der Waals surface area contributed by atoms with Crippen molar-refractivity contribution in [2.45, 2.75) is 31.6 Å². The third-order valence-electron chi connectivity index (χ3n) is 6.49. The lowest BCUT2D eigenvalue weighted by molar-refractivity contribution is 0.0320. The van der Waals surface area contributed by atoms with Crippen LogP contribution in [0.4, 0.5) is 5.82 Å². The van der Waals surface area contributed by atoms with Gasteiger partial charge in [-0.2, -0.15) is 4.52 Å². The quantitative estimate of drug-likeness (QED) is 0.767. The molecule has 8 heteroatoms. The van der Waals surface area contributed by atoms with Gasteiger partial charge >= 0.3 is 0 Å². The summed E-state index contributed by atoms with van der Waals surface area (Å²) in [5.74, 6) is 2.56. The molecule has 5 heterocycles. The van der Waals surface area contributed by atoms with E-state index in [2.05, 4.69) is 37.0 Å². The van der Waals surface area contributed by atoms with Crippen molar-refractivity contribution in [1.29, 1.82) is 0 Å². The lowest BCUT2D eigenvalue weighted by Crippen LogP contribution is -2.43. The minimum atomic E-state index is 0.455. The van der Waals surface area contributed by atoms with Gasteiger partial charge in [0, 0.05) is 45.2 Å². The number of fused-ring (bicyclic) bond motifs is 1. The summed E-state index contributed by atoms with van der Waals surface area (Å²) in [7, 11) is 0. The molecule has 0 atom stereocenters. The average Bonchev–Trinajstić information content (AvgIpc) is 3.43. The van der Waals surface area contributed by atoms with Gasteiger partial charge in [-0.1, -0.05) is 0 Å². The number of anilines is 1. The largest absolute Gasteiger partial charge is 0.379 e. The second-order valence-corrected chi connectivity index (χ2v) is 8.28. The lowest BCUT2D eigenvalue weighted by atomic mass is 9.96. The number of hydrogen-bond acceptors (Lipinski definition) is 7. The van der Waals surface area contributed by atoms with Crippen LogP contribution >= 0.6 is 0 Å². The van der Waals surface area contributed by atoms with E-state index in [0.717, 1.165) is 95.7 Å². The number of rotatable bonds is 5. The van der Waals surface area contributed by atoms with Crippen LogP contribution in [0.2, 0.25) is 0 Å². The van der Waals surface area contributed by atoms with E-state index in [1.807, 2.05) is 4.52 Å². The first-order valence-electron chi connectivity index (χ1n) is 10.9. The summed E-state index contributed by atoms with van der Waals surface area (Å²) in [5.41, 5.74) is 0.868. The molecule has 0 spiro atoms. The molecule has 8 nitrogen and oxygen atoms in total. The normalized spacial score (nSPS) is 23.1. The van der Waals surface area contributed by atoms with Crippen molar-refractivity contribution >= 4 is 11.5 Å². The van der Waals surface area contributed by atoms with Crippen molar-refractivity contribution in [3.05, 3.63) is 18.0 Å². The Hall–Kier alpha value is -1.77. The van der Waals surface area contributed by atoms with E-state index in [4.69, 9.17) is 9.84 Å². The highest BCUT2D eigenvalue weighted by molar-refractivity contribution is 5.46. The fraction of sp³-hybridized carbons (Fsp3) is 0.750. The molecule has 5 rings (SSSR count). The standard InChI is InChI=1S/C20H31N7O/c1-2-8-26(7-1)19-4-3-18-21-22-20(27(18)23-19)17-5-9-24(10-6-17)11-12-25-13-15-28-16-14-25/h3-4,17H,1-2,5-16H2. The zero-order chi connectivity index (χ0) is 18.8. The first-order valence-corrected chi connectivity index (χ1v) is 10.9. The number of morpholine rings is 1. The van der Waals surface area contributed by atoms with Gasteiger partial charge in [0.2, 0.25) is 0 Å². The summed E-state index contributed by atoms with van der Waals surface area (Å²) >= 11 is 0. The second kappa shape index (κ2) is 8.31. The molecule has 3 aliphatic heterocycles. The predicted octanol–water partition coefficient (Wildman–Crippen LogP) is 1.24. The Balaban J connectivity index is 1.21. The van der Waals surface area contributed by atoms with Crippen LogP contribution in [-0.4, -0.2) is 95.2 Å². The number of nitrogens with zero attached hydrogens (tertiary/aromatic N) is 7. The molecular formula is C20H31N7O. The van der Waals surface area contributed by atoms with Crippen LogP contribution in [0.3, 0.4) is 0 Å². The Bertz CT molecular complexity index is 774. The third kappa shape index (κ3) is 3.86. The minimum Gasteiger partial charge on any atom is -0.379 e. The summed E-state index contributed by atoms with van der Waals surface area (Å²) in [6.45, 7) is 10.7. The van der Waals surface area contributed by atoms with Crippen molar-refractivity contribution in [1.82, 2.24) is 29.6 Å². The number of piperidine rings is 1. The maximum atomic E-state index is 5.44. The van der Waals surface area contributed by atoms with Gasteiger partial charge in [-0.15, -0.1) is 15.3 Å². The molecular weight excluding hydrogens is 354 g/mol. The Morgan fingerprint density at radius 2 is 1.57 bits per heavy atom. The van der Waals surface area contributed by atoms with Crippen LogP contribution in [0, 0.1) is 0 Å². The maximum Gasteiger partial charge on any atom is 0.178 e. The van der Waals surface area contributed by atoms with Gasteiger partial charge in [-0.05, 0) is 50.9 Å². The summed E-state index contributed by atoms with van der Waals surface area (Å²) in [6.07, 6.45) is 4.80. The van der Waals surface area contributed by atoms with Gasteiger partial charge in [0.25, 0.3) is 0 Å². The van der Waals surface area contributed by atoms with Gasteiger partial charge in [-0.25, -0.2) is 0 Å². The number of ether oxygens (including phenoxy) is 1. The van der Waals surface area contributed by atoms with E-state index < -0.39 is 0 Å². The predicted molar refractivity (Wildman–Crippen MR) is 108 cm³/mol. The lowest BCUT2D eigenvalue weighted by Gasteiger charge is -2.34. The molecule has 0 saturated carbocycles. The molecule has 0 aliphatic carbocycles. The zero-order valence-electron chi connectivity index (χ0n) is 16.7. The fourth-order valence-corrected chi connectivity index (χ4v) is 4.69. The Kier molecular flexibility index (Phi) is 5.42. The van der Waals surface area contributed by atoms with Crippen LogP contribution in [0.1, 0.15) is 37.4 Å². The summed E-state index contributed by atoms with van der Waals surface area (Å²) in [5, 5.41) is 13.8. The highest BCUT2D eigenvalue weighted by atomic mass is 16.5. The number of aromatic nitrogens is 4. The molecule has 2 aromatic rings. The zero-order valence-corrected chi connectivity index (χ0v) is 16.7. The van der Waals surface area contributed by atoms with Crippen molar-refractivity contribution in [3.8, 4) is 0 Å². The van der Waals surface area contributed by atoms with Crippen molar-refractivity contribution in [3.63, 3.8) is 0 Å². The topological polar surface area (TPSA) is 62.0 Å².